The Hall–Kier alpha value is -1.63. The van der Waals surface area contributed by atoms with E-state index in [0.29, 0.717) is 13.0 Å². The molecule has 0 saturated carbocycles. The van der Waals surface area contributed by atoms with E-state index >= 15 is 0 Å². The lowest BCUT2D eigenvalue weighted by atomic mass is 9.98. The normalized spacial score (nSPS) is 20.9. The monoisotopic (exact) mass is 287 g/mol. The quantitative estimate of drug-likeness (QED) is 0.693. The van der Waals surface area contributed by atoms with Crippen LogP contribution in [0.4, 0.5) is 0 Å². The molecule has 20 heavy (non-hydrogen) atoms. The van der Waals surface area contributed by atoms with Gasteiger partial charge in [0.15, 0.2) is 0 Å². The predicted octanol–water partition coefficient (Wildman–Crippen LogP) is 0.0224. The lowest BCUT2D eigenvalue weighted by Crippen LogP contribution is -2.49. The number of carbonyl (C=O) groups excluding carboxylic acids is 3. The van der Waals surface area contributed by atoms with Crippen molar-refractivity contribution in [2.24, 2.45) is 5.92 Å². The summed E-state index contributed by atoms with van der Waals surface area (Å²) in [5.41, 5.74) is 0. The van der Waals surface area contributed by atoms with E-state index in [2.05, 4.69) is 14.8 Å². The van der Waals surface area contributed by atoms with Gasteiger partial charge in [-0.1, -0.05) is 6.92 Å². The minimum Gasteiger partial charge on any atom is -0.469 e. The topological polar surface area (TPSA) is 90.9 Å². The number of rotatable bonds is 6. The average molecular weight is 287 g/mol. The van der Waals surface area contributed by atoms with Crippen LogP contribution in [0.3, 0.4) is 0 Å². The smallest absolute Gasteiger partial charge is 0.328 e. The molecule has 0 aromatic rings. The van der Waals surface area contributed by atoms with Crippen molar-refractivity contribution in [1.82, 2.24) is 5.32 Å². The van der Waals surface area contributed by atoms with Gasteiger partial charge in [0.2, 0.25) is 5.91 Å². The summed E-state index contributed by atoms with van der Waals surface area (Å²) < 4.78 is 14.5. The molecule has 3 atom stereocenters. The zero-order valence-electron chi connectivity index (χ0n) is 12.0. The average Bonchev–Trinajstić information content (AvgIpc) is 2.97. The Bertz CT molecular complexity index is 364. The van der Waals surface area contributed by atoms with E-state index < -0.39 is 30.0 Å². The fourth-order valence-corrected chi connectivity index (χ4v) is 2.06. The third kappa shape index (κ3) is 4.48. The number of carbonyl (C=O) groups is 3. The number of amides is 1. The summed E-state index contributed by atoms with van der Waals surface area (Å²) in [7, 11) is 2.51. The standard InChI is InChI=1S/C13H21NO6/c1-8(7-10(15)18-2)11(13(17)19-3)14-12(16)9-5-4-6-20-9/h8-9,11H,4-7H2,1-3H3,(H,14,16)/t8-,9-,11+/m0/s1. The van der Waals surface area contributed by atoms with Gasteiger partial charge in [0.25, 0.3) is 0 Å². The van der Waals surface area contributed by atoms with Crippen LogP contribution in [0.15, 0.2) is 0 Å². The number of methoxy groups -OCH3 is 2. The van der Waals surface area contributed by atoms with E-state index in [1.165, 1.54) is 14.2 Å². The molecule has 1 rings (SSSR count). The molecule has 1 saturated heterocycles. The predicted molar refractivity (Wildman–Crippen MR) is 68.7 cm³/mol. The molecule has 1 heterocycles. The minimum absolute atomic E-state index is 0.0159. The Morgan fingerprint density at radius 1 is 1.30 bits per heavy atom. The fourth-order valence-electron chi connectivity index (χ4n) is 2.06. The molecule has 114 valence electrons. The highest BCUT2D eigenvalue weighted by Gasteiger charge is 2.33. The van der Waals surface area contributed by atoms with Gasteiger partial charge in [-0.05, 0) is 18.8 Å². The summed E-state index contributed by atoms with van der Waals surface area (Å²) in [4.78, 5) is 35.0. The maximum Gasteiger partial charge on any atom is 0.328 e. The van der Waals surface area contributed by atoms with Gasteiger partial charge in [0.1, 0.15) is 12.1 Å². The molecule has 7 heteroatoms. The summed E-state index contributed by atoms with van der Waals surface area (Å²) in [6, 6.07) is -0.893. The molecule has 0 radical (unpaired) electrons. The Morgan fingerprint density at radius 2 is 2.00 bits per heavy atom. The molecule has 0 aliphatic carbocycles. The summed E-state index contributed by atoms with van der Waals surface area (Å²) >= 11 is 0. The molecule has 0 bridgehead atoms. The molecular formula is C13H21NO6. The van der Waals surface area contributed by atoms with E-state index in [0.717, 1.165) is 6.42 Å². The Kier molecular flexibility index (Phi) is 6.44. The molecule has 0 aromatic carbocycles. The Morgan fingerprint density at radius 3 is 2.50 bits per heavy atom. The number of esters is 2. The van der Waals surface area contributed by atoms with Gasteiger partial charge in [-0.25, -0.2) is 4.79 Å². The number of hydrogen-bond acceptors (Lipinski definition) is 6. The van der Waals surface area contributed by atoms with Crippen LogP contribution in [0.2, 0.25) is 0 Å². The molecule has 0 spiro atoms. The van der Waals surface area contributed by atoms with Crippen molar-refractivity contribution < 1.29 is 28.6 Å². The van der Waals surface area contributed by atoms with Crippen molar-refractivity contribution >= 4 is 17.8 Å². The van der Waals surface area contributed by atoms with Gasteiger partial charge < -0.3 is 19.5 Å². The second kappa shape index (κ2) is 7.84. The molecule has 1 aliphatic rings. The summed E-state index contributed by atoms with van der Waals surface area (Å²) in [6.07, 6.45) is 0.929. The van der Waals surface area contributed by atoms with Crippen molar-refractivity contribution in [2.75, 3.05) is 20.8 Å². The van der Waals surface area contributed by atoms with Crippen LogP contribution in [0.1, 0.15) is 26.2 Å². The molecule has 7 nitrogen and oxygen atoms in total. The van der Waals surface area contributed by atoms with Gasteiger partial charge in [0, 0.05) is 6.61 Å². The van der Waals surface area contributed by atoms with Crippen LogP contribution >= 0.6 is 0 Å². The second-order valence-electron chi connectivity index (χ2n) is 4.77. The van der Waals surface area contributed by atoms with Crippen LogP contribution < -0.4 is 5.32 Å². The number of nitrogens with one attached hydrogen (secondary N) is 1. The first-order chi connectivity index (χ1) is 9.49. The van der Waals surface area contributed by atoms with E-state index in [4.69, 9.17) is 4.74 Å². The van der Waals surface area contributed by atoms with Crippen molar-refractivity contribution in [3.8, 4) is 0 Å². The summed E-state index contributed by atoms with van der Waals surface area (Å²) in [6.45, 7) is 2.22. The van der Waals surface area contributed by atoms with Crippen molar-refractivity contribution in [3.05, 3.63) is 0 Å². The van der Waals surface area contributed by atoms with Gasteiger partial charge in [0.05, 0.1) is 20.6 Å². The number of ether oxygens (including phenoxy) is 3. The van der Waals surface area contributed by atoms with Crippen LogP contribution in [0, 0.1) is 5.92 Å². The van der Waals surface area contributed by atoms with Gasteiger partial charge in [-0.3, -0.25) is 9.59 Å². The SMILES string of the molecule is COC(=O)C[C@H](C)[C@@H](NC(=O)[C@@H]1CCCO1)C(=O)OC. The largest absolute Gasteiger partial charge is 0.469 e. The lowest BCUT2D eigenvalue weighted by molar-refractivity contribution is -0.149. The van der Waals surface area contributed by atoms with E-state index in [9.17, 15) is 14.4 Å². The Labute approximate surface area is 117 Å². The summed E-state index contributed by atoms with van der Waals surface area (Å²) in [5.74, 6) is -1.82. The molecule has 1 amide bonds. The van der Waals surface area contributed by atoms with E-state index in [1.807, 2.05) is 0 Å². The first-order valence-electron chi connectivity index (χ1n) is 6.56. The van der Waals surface area contributed by atoms with Gasteiger partial charge in [-0.15, -0.1) is 0 Å². The molecule has 1 N–H and O–H groups in total. The maximum absolute atomic E-state index is 12.0. The van der Waals surface area contributed by atoms with Gasteiger partial charge >= 0.3 is 11.9 Å². The van der Waals surface area contributed by atoms with Crippen LogP contribution in [0.25, 0.3) is 0 Å². The van der Waals surface area contributed by atoms with Crippen molar-refractivity contribution in [2.45, 2.75) is 38.3 Å². The van der Waals surface area contributed by atoms with Crippen LogP contribution in [-0.4, -0.2) is 50.8 Å². The summed E-state index contributed by atoms with van der Waals surface area (Å²) in [5, 5.41) is 2.59. The molecule has 1 fully saturated rings. The first-order valence-corrected chi connectivity index (χ1v) is 6.56. The van der Waals surface area contributed by atoms with E-state index in [1.54, 1.807) is 6.92 Å². The zero-order valence-corrected chi connectivity index (χ0v) is 12.0. The molecule has 0 aromatic heterocycles. The van der Waals surface area contributed by atoms with Gasteiger partial charge in [-0.2, -0.15) is 0 Å². The first kappa shape index (κ1) is 16.4. The molecular weight excluding hydrogens is 266 g/mol. The van der Waals surface area contributed by atoms with Crippen molar-refractivity contribution in [3.63, 3.8) is 0 Å². The van der Waals surface area contributed by atoms with Crippen LogP contribution in [0.5, 0.6) is 0 Å². The third-order valence-corrected chi connectivity index (χ3v) is 3.26. The fraction of sp³-hybridized carbons (Fsp3) is 0.769. The van der Waals surface area contributed by atoms with Crippen molar-refractivity contribution in [1.29, 1.82) is 0 Å². The highest BCUT2D eigenvalue weighted by atomic mass is 16.5. The maximum atomic E-state index is 12.0. The minimum atomic E-state index is -0.893. The molecule has 1 aliphatic heterocycles. The third-order valence-electron chi connectivity index (χ3n) is 3.26. The Balaban J connectivity index is 2.65. The lowest BCUT2D eigenvalue weighted by Gasteiger charge is -2.23. The zero-order chi connectivity index (χ0) is 15.1. The highest BCUT2D eigenvalue weighted by Crippen LogP contribution is 2.15. The van der Waals surface area contributed by atoms with Crippen LogP contribution in [-0.2, 0) is 28.6 Å². The van der Waals surface area contributed by atoms with E-state index in [-0.39, 0.29) is 12.3 Å². The highest BCUT2D eigenvalue weighted by molar-refractivity contribution is 5.87. The number of hydrogen-bond donors (Lipinski definition) is 1. The molecule has 0 unspecified atom stereocenters. The second-order valence-corrected chi connectivity index (χ2v) is 4.77.